The molecule has 0 aliphatic heterocycles. The van der Waals surface area contributed by atoms with E-state index in [0.29, 0.717) is 17.5 Å². The molecule has 0 aliphatic carbocycles. The fraction of sp³-hybridized carbons (Fsp3) is 0.0455. The molecule has 2 heterocycles. The lowest BCUT2D eigenvalue weighted by Crippen LogP contribution is -2.11. The highest BCUT2D eigenvalue weighted by Gasteiger charge is 2.17. The van der Waals surface area contributed by atoms with Gasteiger partial charge in [0.05, 0.1) is 11.3 Å². The minimum Gasteiger partial charge on any atom is -0.615 e. The van der Waals surface area contributed by atoms with Crippen LogP contribution in [-0.2, 0) is 0 Å². The number of rotatable bonds is 6. The van der Waals surface area contributed by atoms with Crippen molar-refractivity contribution in [3.05, 3.63) is 78.4 Å². The second-order valence-electron chi connectivity index (χ2n) is 6.55. The van der Waals surface area contributed by atoms with Crippen LogP contribution in [0.4, 0.5) is 0 Å². The van der Waals surface area contributed by atoms with Gasteiger partial charge in [-0.25, -0.2) is 4.98 Å². The molecule has 30 heavy (non-hydrogen) atoms. The van der Waals surface area contributed by atoms with E-state index in [0.717, 1.165) is 27.8 Å². The highest BCUT2D eigenvalue weighted by atomic mass is 27.2. The lowest BCUT2D eigenvalue weighted by Gasteiger charge is -2.08. The molecular formula is C22H15AlN3O4. The molecule has 5 rings (SSSR count). The number of fused-ring (bicyclic) bond motifs is 1. The standard InChI is InChI=1S/C13H9NO2.C9H8N2O2.Al/c15-11-7-3-1-5-9(11)13-14-10-6-2-4-8-12(10)16-13;1-6-2-4-7(5-3-6)8-10-11-9(12)13-8;/h1-8,15H;2-5H,1H3,(H,11,12);/q;;+2/p-2. The van der Waals surface area contributed by atoms with Crippen molar-refractivity contribution < 1.29 is 16.4 Å². The van der Waals surface area contributed by atoms with Crippen LogP contribution in [0.1, 0.15) is 5.56 Å². The van der Waals surface area contributed by atoms with Gasteiger partial charge in [0.15, 0.2) is 5.58 Å². The third kappa shape index (κ3) is 3.79. The van der Waals surface area contributed by atoms with E-state index >= 15 is 0 Å². The van der Waals surface area contributed by atoms with Crippen molar-refractivity contribution in [1.29, 1.82) is 0 Å². The van der Waals surface area contributed by atoms with Gasteiger partial charge in [0.2, 0.25) is 5.89 Å². The Kier molecular flexibility index (Phi) is 4.93. The van der Waals surface area contributed by atoms with Gasteiger partial charge < -0.3 is 16.4 Å². The van der Waals surface area contributed by atoms with Crippen LogP contribution in [0, 0.1) is 6.92 Å². The molecule has 3 aromatic carbocycles. The largest absolute Gasteiger partial charge is 0.885 e. The molecule has 145 valence electrons. The number of hydrogen-bond donors (Lipinski definition) is 0. The molecular weight excluding hydrogens is 397 g/mol. The number of aromatic nitrogens is 3. The lowest BCUT2D eigenvalue weighted by molar-refractivity contribution is 0.353. The summed E-state index contributed by atoms with van der Waals surface area (Å²) in [6, 6.07) is 22.9. The van der Waals surface area contributed by atoms with Crippen molar-refractivity contribution in [2.45, 2.75) is 6.92 Å². The van der Waals surface area contributed by atoms with Crippen molar-refractivity contribution in [1.82, 2.24) is 15.2 Å². The Morgan fingerprint density at radius 1 is 0.767 bits per heavy atom. The van der Waals surface area contributed by atoms with Crippen LogP contribution in [0.25, 0.3) is 34.0 Å². The Morgan fingerprint density at radius 2 is 1.57 bits per heavy atom. The second-order valence-corrected chi connectivity index (χ2v) is 7.22. The Balaban J connectivity index is 1.29. The van der Waals surface area contributed by atoms with Gasteiger partial charge in [0, 0.05) is 5.56 Å². The van der Waals surface area contributed by atoms with Gasteiger partial charge >= 0.3 is 22.0 Å². The Hall–Kier alpha value is -3.60. The fourth-order valence-corrected chi connectivity index (χ4v) is 3.46. The SMILES string of the molecule is Cc1ccc(-c2nnc([O][Al][O]c3ccccc3-c3nc4ccccc4o3)o2)cc1. The van der Waals surface area contributed by atoms with Gasteiger partial charge in [-0.3, -0.25) is 0 Å². The maximum absolute atomic E-state index is 5.86. The normalized spacial score (nSPS) is 10.8. The summed E-state index contributed by atoms with van der Waals surface area (Å²) in [5, 5.41) is 7.95. The highest BCUT2D eigenvalue weighted by molar-refractivity contribution is 6.20. The van der Waals surface area contributed by atoms with E-state index in [9.17, 15) is 0 Å². The topological polar surface area (TPSA) is 83.4 Å². The molecule has 2 aromatic heterocycles. The summed E-state index contributed by atoms with van der Waals surface area (Å²) >= 11 is -0.929. The first kappa shape index (κ1) is 18.4. The second kappa shape index (κ2) is 8.03. The van der Waals surface area contributed by atoms with Crippen molar-refractivity contribution in [2.75, 3.05) is 0 Å². The molecule has 0 amide bonds. The number of aryl methyl sites for hydroxylation is 1. The van der Waals surface area contributed by atoms with Crippen LogP contribution < -0.4 is 7.58 Å². The minimum absolute atomic E-state index is 0.0694. The molecule has 5 aromatic rings. The molecule has 7 nitrogen and oxygen atoms in total. The van der Waals surface area contributed by atoms with Gasteiger partial charge in [-0.15, -0.1) is 5.10 Å². The third-order valence-corrected chi connectivity index (χ3v) is 5.09. The monoisotopic (exact) mass is 412 g/mol. The zero-order valence-electron chi connectivity index (χ0n) is 16.0. The molecule has 0 aliphatic rings. The first-order valence-corrected chi connectivity index (χ1v) is 10.2. The summed E-state index contributed by atoms with van der Waals surface area (Å²) in [5.41, 5.74) is 4.25. The average molecular weight is 412 g/mol. The Morgan fingerprint density at radius 3 is 2.43 bits per heavy atom. The van der Waals surface area contributed by atoms with E-state index in [1.54, 1.807) is 0 Å². The molecule has 0 fully saturated rings. The first-order valence-electron chi connectivity index (χ1n) is 9.27. The van der Waals surface area contributed by atoms with Gasteiger partial charge in [-0.1, -0.05) is 47.1 Å². The fourth-order valence-electron chi connectivity index (χ4n) is 2.92. The number of para-hydroxylation sites is 3. The van der Waals surface area contributed by atoms with E-state index in [4.69, 9.17) is 16.4 Å². The number of nitrogens with zero attached hydrogens (tertiary/aromatic N) is 3. The number of oxazole rings is 1. The van der Waals surface area contributed by atoms with E-state index in [1.165, 1.54) is 0 Å². The zero-order chi connectivity index (χ0) is 20.3. The summed E-state index contributed by atoms with van der Waals surface area (Å²) in [6.07, 6.45) is 0.0694. The maximum atomic E-state index is 5.86. The summed E-state index contributed by atoms with van der Waals surface area (Å²) < 4.78 is 22.8. The molecule has 0 spiro atoms. The molecule has 0 bridgehead atoms. The summed E-state index contributed by atoms with van der Waals surface area (Å²) in [4.78, 5) is 4.53. The summed E-state index contributed by atoms with van der Waals surface area (Å²) in [7, 11) is 0. The molecule has 0 N–H and O–H groups in total. The molecule has 1 radical (unpaired) electrons. The molecule has 0 atom stereocenters. The van der Waals surface area contributed by atoms with Crippen LogP contribution in [0.5, 0.6) is 11.8 Å². The maximum Gasteiger partial charge on any atom is 0.885 e. The summed E-state index contributed by atoms with van der Waals surface area (Å²) in [6.45, 7) is 2.02. The van der Waals surface area contributed by atoms with Crippen molar-refractivity contribution >= 4 is 27.0 Å². The van der Waals surface area contributed by atoms with E-state index in [-0.39, 0.29) is 6.08 Å². The first-order chi connectivity index (χ1) is 14.8. The Bertz CT molecular complexity index is 1260. The minimum atomic E-state index is -0.929. The van der Waals surface area contributed by atoms with Crippen LogP contribution >= 0.6 is 0 Å². The quantitative estimate of drug-likeness (QED) is 0.369. The van der Waals surface area contributed by atoms with Gasteiger partial charge in [0.25, 0.3) is 5.89 Å². The number of hydrogen-bond acceptors (Lipinski definition) is 7. The van der Waals surface area contributed by atoms with Crippen LogP contribution in [-0.4, -0.2) is 31.1 Å². The smallest absolute Gasteiger partial charge is 0.615 e. The van der Waals surface area contributed by atoms with Crippen LogP contribution in [0.3, 0.4) is 0 Å². The molecule has 8 heteroatoms. The third-order valence-electron chi connectivity index (χ3n) is 4.44. The van der Waals surface area contributed by atoms with E-state index < -0.39 is 15.9 Å². The lowest BCUT2D eigenvalue weighted by atomic mass is 10.1. The number of benzene rings is 3. The predicted octanol–water partition coefficient (Wildman–Crippen LogP) is 4.85. The highest BCUT2D eigenvalue weighted by Crippen LogP contribution is 2.31. The van der Waals surface area contributed by atoms with Crippen molar-refractivity contribution in [3.8, 4) is 34.7 Å². The van der Waals surface area contributed by atoms with Crippen molar-refractivity contribution in [3.63, 3.8) is 0 Å². The molecule has 0 saturated heterocycles. The predicted molar refractivity (Wildman–Crippen MR) is 111 cm³/mol. The summed E-state index contributed by atoms with van der Waals surface area (Å²) in [5.74, 6) is 1.50. The Labute approximate surface area is 178 Å². The van der Waals surface area contributed by atoms with E-state index in [1.807, 2.05) is 79.7 Å². The zero-order valence-corrected chi connectivity index (χ0v) is 17.1. The van der Waals surface area contributed by atoms with Crippen LogP contribution in [0.2, 0.25) is 0 Å². The van der Waals surface area contributed by atoms with Crippen LogP contribution in [0.15, 0.2) is 81.6 Å². The van der Waals surface area contributed by atoms with Gasteiger partial charge in [-0.2, -0.15) is 0 Å². The van der Waals surface area contributed by atoms with Gasteiger partial charge in [0.1, 0.15) is 5.52 Å². The molecule has 0 unspecified atom stereocenters. The van der Waals surface area contributed by atoms with Crippen molar-refractivity contribution in [2.24, 2.45) is 0 Å². The van der Waals surface area contributed by atoms with E-state index in [2.05, 4.69) is 15.2 Å². The van der Waals surface area contributed by atoms with Gasteiger partial charge in [-0.05, 0) is 43.3 Å². The molecule has 0 saturated carbocycles. The average Bonchev–Trinajstić information content (AvgIpc) is 3.42.